The highest BCUT2D eigenvalue weighted by Crippen LogP contribution is 2.29. The molecule has 2 bridgehead atoms. The fourth-order valence-corrected chi connectivity index (χ4v) is 4.84. The third-order valence-corrected chi connectivity index (χ3v) is 6.07. The van der Waals surface area contributed by atoms with Crippen molar-refractivity contribution in [3.63, 3.8) is 0 Å². The van der Waals surface area contributed by atoms with Crippen LogP contribution in [0.1, 0.15) is 31.4 Å². The largest absolute Gasteiger partial charge is 0.378 e. The average Bonchev–Trinajstić information content (AvgIpc) is 3.27. The van der Waals surface area contributed by atoms with Gasteiger partial charge in [0, 0.05) is 33.0 Å². The van der Waals surface area contributed by atoms with E-state index < -0.39 is 0 Å². The van der Waals surface area contributed by atoms with Gasteiger partial charge >= 0.3 is 0 Å². The highest BCUT2D eigenvalue weighted by atomic mass is 16.5. The standard InChI is InChI=1S/C17H27N5O2/c1-24-12-14-9-22(19-18-14)10-15-8-13-4-7-21(15)11-16(13)17(23)20-5-2-3-6-20/h9,13,15-16H,2-8,10-12H2,1H3/p+1/t13-,15+,16-/m0/s1. The molecular formula is C17H28N5O2+. The first-order valence-electron chi connectivity index (χ1n) is 9.26. The molecule has 4 aliphatic heterocycles. The first-order valence-corrected chi connectivity index (χ1v) is 9.26. The second-order valence-electron chi connectivity index (χ2n) is 7.60. The summed E-state index contributed by atoms with van der Waals surface area (Å²) < 4.78 is 7.05. The zero-order valence-corrected chi connectivity index (χ0v) is 14.5. The Hall–Kier alpha value is -1.47. The van der Waals surface area contributed by atoms with Gasteiger partial charge in [-0.2, -0.15) is 0 Å². The van der Waals surface area contributed by atoms with Crippen molar-refractivity contribution in [2.45, 2.75) is 44.9 Å². The van der Waals surface area contributed by atoms with Gasteiger partial charge in [-0.05, 0) is 18.8 Å². The normalized spacial score (nSPS) is 32.5. The van der Waals surface area contributed by atoms with Gasteiger partial charge in [-0.1, -0.05) is 5.21 Å². The molecule has 0 radical (unpaired) electrons. The number of aromatic nitrogens is 3. The van der Waals surface area contributed by atoms with Crippen LogP contribution in [0, 0.1) is 11.8 Å². The van der Waals surface area contributed by atoms with Gasteiger partial charge in [-0.15, -0.1) is 5.10 Å². The number of amides is 1. The molecule has 7 heteroatoms. The van der Waals surface area contributed by atoms with Crippen molar-refractivity contribution in [1.29, 1.82) is 0 Å². The number of fused-ring (bicyclic) bond motifs is 3. The van der Waals surface area contributed by atoms with Gasteiger partial charge in [0.15, 0.2) is 0 Å². The van der Waals surface area contributed by atoms with E-state index in [1.807, 2.05) is 10.9 Å². The Morgan fingerprint density at radius 2 is 2.25 bits per heavy atom. The molecule has 0 saturated carbocycles. The second kappa shape index (κ2) is 6.80. The van der Waals surface area contributed by atoms with Gasteiger partial charge in [0.1, 0.15) is 11.7 Å². The zero-order chi connectivity index (χ0) is 16.5. The van der Waals surface area contributed by atoms with Crippen LogP contribution in [0.4, 0.5) is 0 Å². The predicted molar refractivity (Wildman–Crippen MR) is 87.2 cm³/mol. The number of nitrogens with zero attached hydrogens (tertiary/aromatic N) is 4. The van der Waals surface area contributed by atoms with Crippen molar-refractivity contribution < 1.29 is 14.4 Å². The van der Waals surface area contributed by atoms with E-state index in [2.05, 4.69) is 15.2 Å². The first kappa shape index (κ1) is 16.0. The predicted octanol–water partition coefficient (Wildman–Crippen LogP) is -0.660. The lowest BCUT2D eigenvalue weighted by Crippen LogP contribution is -3.20. The van der Waals surface area contributed by atoms with Crippen LogP contribution >= 0.6 is 0 Å². The van der Waals surface area contributed by atoms with Gasteiger partial charge in [-0.25, -0.2) is 4.68 Å². The number of carbonyl (C=O) groups excluding carboxylic acids is 1. The highest BCUT2D eigenvalue weighted by molar-refractivity contribution is 5.79. The number of methoxy groups -OCH3 is 1. The number of carbonyl (C=O) groups is 1. The molecule has 4 atom stereocenters. The van der Waals surface area contributed by atoms with Crippen molar-refractivity contribution in [2.24, 2.45) is 11.8 Å². The Balaban J connectivity index is 1.38. The highest BCUT2D eigenvalue weighted by Gasteiger charge is 2.47. The summed E-state index contributed by atoms with van der Waals surface area (Å²) in [6.45, 7) is 5.55. The maximum atomic E-state index is 12.8. The summed E-state index contributed by atoms with van der Waals surface area (Å²) >= 11 is 0. The third kappa shape index (κ3) is 3.07. The van der Waals surface area contributed by atoms with Crippen LogP contribution in [0.3, 0.4) is 0 Å². The van der Waals surface area contributed by atoms with E-state index in [4.69, 9.17) is 4.74 Å². The van der Waals surface area contributed by atoms with Crippen molar-refractivity contribution in [2.75, 3.05) is 33.3 Å². The molecule has 1 amide bonds. The smallest absolute Gasteiger partial charge is 0.231 e. The summed E-state index contributed by atoms with van der Waals surface area (Å²) in [5.41, 5.74) is 0.880. The molecule has 1 aromatic rings. The topological polar surface area (TPSA) is 64.7 Å². The van der Waals surface area contributed by atoms with Crippen LogP contribution in [0.25, 0.3) is 0 Å². The number of ether oxygens (including phenoxy) is 1. The monoisotopic (exact) mass is 334 g/mol. The lowest BCUT2D eigenvalue weighted by molar-refractivity contribution is -0.945. The Bertz CT molecular complexity index is 583. The molecular weight excluding hydrogens is 306 g/mol. The van der Waals surface area contributed by atoms with Gasteiger partial charge in [0.05, 0.1) is 38.4 Å². The van der Waals surface area contributed by atoms with E-state index in [9.17, 15) is 4.79 Å². The zero-order valence-electron chi connectivity index (χ0n) is 14.5. The number of hydrogen-bond donors (Lipinski definition) is 1. The molecule has 1 aromatic heterocycles. The quantitative estimate of drug-likeness (QED) is 0.776. The number of hydrogen-bond acceptors (Lipinski definition) is 4. The summed E-state index contributed by atoms with van der Waals surface area (Å²) in [6, 6.07) is 0.559. The van der Waals surface area contributed by atoms with E-state index in [0.29, 0.717) is 24.5 Å². The maximum absolute atomic E-state index is 12.8. The van der Waals surface area contributed by atoms with Crippen molar-refractivity contribution >= 4 is 5.91 Å². The summed E-state index contributed by atoms with van der Waals surface area (Å²) in [7, 11) is 1.67. The Morgan fingerprint density at radius 1 is 1.42 bits per heavy atom. The average molecular weight is 334 g/mol. The van der Waals surface area contributed by atoms with E-state index in [1.54, 1.807) is 12.0 Å². The van der Waals surface area contributed by atoms with Gasteiger partial charge in [0.25, 0.3) is 0 Å². The van der Waals surface area contributed by atoms with Crippen LogP contribution in [0.2, 0.25) is 0 Å². The molecule has 1 unspecified atom stereocenters. The van der Waals surface area contributed by atoms with Crippen molar-refractivity contribution in [1.82, 2.24) is 19.9 Å². The van der Waals surface area contributed by atoms with E-state index in [0.717, 1.165) is 38.3 Å². The number of nitrogens with one attached hydrogen (secondary N) is 1. The second-order valence-corrected chi connectivity index (χ2v) is 7.60. The Kier molecular flexibility index (Phi) is 4.54. The molecule has 7 nitrogen and oxygen atoms in total. The molecule has 0 spiro atoms. The molecule has 24 heavy (non-hydrogen) atoms. The minimum Gasteiger partial charge on any atom is -0.378 e. The van der Waals surface area contributed by atoms with Crippen molar-refractivity contribution in [3.8, 4) is 0 Å². The summed E-state index contributed by atoms with van der Waals surface area (Å²) in [6.07, 6.45) is 6.68. The lowest BCUT2D eigenvalue weighted by Gasteiger charge is -2.46. The van der Waals surface area contributed by atoms with Gasteiger partial charge < -0.3 is 14.5 Å². The summed E-state index contributed by atoms with van der Waals surface area (Å²) in [5, 5.41) is 8.37. The van der Waals surface area contributed by atoms with E-state index in [1.165, 1.54) is 25.8 Å². The fourth-order valence-electron chi connectivity index (χ4n) is 4.84. The van der Waals surface area contributed by atoms with E-state index >= 15 is 0 Å². The molecule has 4 aliphatic rings. The summed E-state index contributed by atoms with van der Waals surface area (Å²) in [5.74, 6) is 1.24. The first-order chi connectivity index (χ1) is 11.7. The van der Waals surface area contributed by atoms with Crippen LogP contribution in [0.5, 0.6) is 0 Å². The van der Waals surface area contributed by atoms with Crippen molar-refractivity contribution in [3.05, 3.63) is 11.9 Å². The molecule has 5 rings (SSSR count). The maximum Gasteiger partial charge on any atom is 0.231 e. The molecule has 4 saturated heterocycles. The number of likely N-dealkylation sites (tertiary alicyclic amines) is 1. The fraction of sp³-hybridized carbons (Fsp3) is 0.824. The molecule has 4 fully saturated rings. The SMILES string of the molecule is COCc1cn(C[C@H]2C[C@@H]3CC[NH+]2C[C@@H]3C(=O)N2CCCC2)nn1. The van der Waals surface area contributed by atoms with Gasteiger partial charge in [-0.3, -0.25) is 4.79 Å². The minimum atomic E-state index is 0.253. The molecule has 5 heterocycles. The summed E-state index contributed by atoms with van der Waals surface area (Å²) in [4.78, 5) is 16.5. The Morgan fingerprint density at radius 3 is 2.96 bits per heavy atom. The Labute approximate surface area is 142 Å². The molecule has 0 aromatic carbocycles. The number of piperidine rings is 3. The van der Waals surface area contributed by atoms with Crippen LogP contribution in [-0.2, 0) is 22.7 Å². The molecule has 132 valence electrons. The van der Waals surface area contributed by atoms with Crippen LogP contribution < -0.4 is 4.90 Å². The van der Waals surface area contributed by atoms with Crippen LogP contribution in [0.15, 0.2) is 6.20 Å². The van der Waals surface area contributed by atoms with Gasteiger partial charge in [0.2, 0.25) is 5.91 Å². The lowest BCUT2D eigenvalue weighted by atomic mass is 9.75. The molecule has 0 aliphatic carbocycles. The minimum absolute atomic E-state index is 0.253. The third-order valence-electron chi connectivity index (χ3n) is 6.07. The number of rotatable bonds is 5. The molecule has 1 N–H and O–H groups in total. The van der Waals surface area contributed by atoms with E-state index in [-0.39, 0.29) is 5.92 Å². The van der Waals surface area contributed by atoms with Crippen LogP contribution in [-0.4, -0.2) is 65.1 Å². The number of quaternary nitrogens is 1.